The lowest BCUT2D eigenvalue weighted by Crippen LogP contribution is -2.33. The normalized spacial score (nSPS) is 14.0. The van der Waals surface area contributed by atoms with Crippen molar-refractivity contribution >= 4 is 34.6 Å². The molecule has 0 atom stereocenters. The highest BCUT2D eigenvalue weighted by atomic mass is 32.1. The molecule has 0 saturated carbocycles. The number of hydrogen-bond acceptors (Lipinski definition) is 6. The van der Waals surface area contributed by atoms with Crippen LogP contribution in [0.15, 0.2) is 4.99 Å². The molecule has 1 amide bonds. The number of carbonyl (C=O) groups excluding carboxylic acids is 2. The van der Waals surface area contributed by atoms with Gasteiger partial charge in [0.2, 0.25) is 5.91 Å². The van der Waals surface area contributed by atoms with E-state index in [1.165, 1.54) is 17.7 Å². The van der Waals surface area contributed by atoms with Crippen LogP contribution in [0.1, 0.15) is 41.6 Å². The summed E-state index contributed by atoms with van der Waals surface area (Å²) in [5, 5.41) is 0.585. The number of amides is 1. The van der Waals surface area contributed by atoms with Crippen molar-refractivity contribution in [3.63, 3.8) is 0 Å². The van der Waals surface area contributed by atoms with Crippen LogP contribution in [-0.4, -0.2) is 42.9 Å². The van der Waals surface area contributed by atoms with Crippen LogP contribution >= 0.6 is 11.3 Å². The lowest BCUT2D eigenvalue weighted by Gasteiger charge is -2.25. The Labute approximate surface area is 133 Å². The lowest BCUT2D eigenvalue weighted by molar-refractivity contribution is -0.129. The van der Waals surface area contributed by atoms with E-state index in [0.29, 0.717) is 43.3 Å². The van der Waals surface area contributed by atoms with Crippen LogP contribution in [0.5, 0.6) is 0 Å². The number of thiophene rings is 1. The number of fused-ring (bicyclic) bond motifs is 1. The number of nitrogens with zero attached hydrogens (tertiary/aromatic N) is 2. The molecule has 0 spiro atoms. The summed E-state index contributed by atoms with van der Waals surface area (Å²) in [5.74, 6) is -0.323. The summed E-state index contributed by atoms with van der Waals surface area (Å²) in [7, 11) is 0. The second kappa shape index (κ2) is 7.40. The van der Waals surface area contributed by atoms with Crippen LogP contribution in [0.2, 0.25) is 0 Å². The smallest absolute Gasteiger partial charge is 0.341 e. The third-order valence-corrected chi connectivity index (χ3v) is 4.50. The standard InChI is InChI=1S/C15H20N2O4S/c1-4-20-9-16-14-13(15(19)21-5-2)11-6-7-17(10(3)18)8-12(11)22-14/h9H,4-8H2,1-3H3/b16-9+. The van der Waals surface area contributed by atoms with Gasteiger partial charge >= 0.3 is 5.97 Å². The van der Waals surface area contributed by atoms with E-state index in [1.807, 2.05) is 6.92 Å². The van der Waals surface area contributed by atoms with E-state index in [4.69, 9.17) is 9.47 Å². The van der Waals surface area contributed by atoms with Crippen molar-refractivity contribution in [3.8, 4) is 0 Å². The van der Waals surface area contributed by atoms with Gasteiger partial charge < -0.3 is 14.4 Å². The van der Waals surface area contributed by atoms with Gasteiger partial charge in [0.05, 0.1) is 19.8 Å². The molecule has 6 nitrogen and oxygen atoms in total. The van der Waals surface area contributed by atoms with Crippen LogP contribution in [0.3, 0.4) is 0 Å². The van der Waals surface area contributed by atoms with Crippen molar-refractivity contribution in [1.29, 1.82) is 0 Å². The predicted octanol–water partition coefficient (Wildman–Crippen LogP) is 2.53. The fraction of sp³-hybridized carbons (Fsp3) is 0.533. The minimum absolute atomic E-state index is 0.0381. The zero-order valence-electron chi connectivity index (χ0n) is 13.0. The minimum atomic E-state index is -0.361. The molecule has 1 aromatic rings. The monoisotopic (exact) mass is 324 g/mol. The molecule has 0 fully saturated rings. The highest BCUT2D eigenvalue weighted by molar-refractivity contribution is 7.16. The molecular formula is C15H20N2O4S. The van der Waals surface area contributed by atoms with Crippen molar-refractivity contribution in [2.24, 2.45) is 4.99 Å². The zero-order valence-corrected chi connectivity index (χ0v) is 13.9. The van der Waals surface area contributed by atoms with E-state index in [9.17, 15) is 9.59 Å². The summed E-state index contributed by atoms with van der Waals surface area (Å²) in [5.41, 5.74) is 1.46. The SMILES string of the molecule is CCO/C=N/c1sc2c(c1C(=O)OCC)CCN(C(C)=O)C2. The van der Waals surface area contributed by atoms with Gasteiger partial charge in [-0.15, -0.1) is 11.3 Å². The van der Waals surface area contributed by atoms with Gasteiger partial charge in [0.1, 0.15) is 10.6 Å². The average molecular weight is 324 g/mol. The first kappa shape index (κ1) is 16.5. The first-order valence-electron chi connectivity index (χ1n) is 7.29. The molecule has 120 valence electrons. The topological polar surface area (TPSA) is 68.2 Å². The maximum Gasteiger partial charge on any atom is 0.341 e. The Morgan fingerprint density at radius 1 is 1.36 bits per heavy atom. The van der Waals surface area contributed by atoms with Crippen molar-refractivity contribution in [1.82, 2.24) is 4.90 Å². The average Bonchev–Trinajstić information content (AvgIpc) is 2.85. The van der Waals surface area contributed by atoms with Crippen LogP contribution in [-0.2, 0) is 27.2 Å². The van der Waals surface area contributed by atoms with Gasteiger partial charge in [-0.3, -0.25) is 4.79 Å². The summed E-state index contributed by atoms with van der Waals surface area (Å²) in [6, 6.07) is 0. The molecule has 0 N–H and O–H groups in total. The van der Waals surface area contributed by atoms with Gasteiger partial charge in [0, 0.05) is 18.3 Å². The lowest BCUT2D eigenvalue weighted by atomic mass is 10.0. The van der Waals surface area contributed by atoms with E-state index in [-0.39, 0.29) is 11.9 Å². The molecule has 0 radical (unpaired) electrons. The molecule has 0 aliphatic carbocycles. The number of ether oxygens (including phenoxy) is 2. The second-order valence-electron chi connectivity index (χ2n) is 4.78. The van der Waals surface area contributed by atoms with Crippen molar-refractivity contribution in [2.45, 2.75) is 33.7 Å². The number of carbonyl (C=O) groups is 2. The van der Waals surface area contributed by atoms with Crippen molar-refractivity contribution < 1.29 is 19.1 Å². The molecule has 0 saturated heterocycles. The first-order valence-corrected chi connectivity index (χ1v) is 8.11. The molecule has 2 heterocycles. The van der Waals surface area contributed by atoms with Crippen molar-refractivity contribution in [2.75, 3.05) is 19.8 Å². The fourth-order valence-corrected chi connectivity index (χ4v) is 3.51. The van der Waals surface area contributed by atoms with E-state index in [1.54, 1.807) is 18.7 Å². The molecule has 0 unspecified atom stereocenters. The fourth-order valence-electron chi connectivity index (χ4n) is 2.32. The Kier molecular flexibility index (Phi) is 5.54. The first-order chi connectivity index (χ1) is 10.6. The van der Waals surface area contributed by atoms with E-state index in [0.717, 1.165) is 10.4 Å². The molecule has 1 aliphatic rings. The minimum Gasteiger partial charge on any atom is -0.483 e. The van der Waals surface area contributed by atoms with E-state index >= 15 is 0 Å². The molecule has 1 aromatic heterocycles. The van der Waals surface area contributed by atoms with Crippen LogP contribution in [0, 0.1) is 0 Å². The maximum atomic E-state index is 12.2. The van der Waals surface area contributed by atoms with Gasteiger partial charge in [-0.2, -0.15) is 0 Å². The highest BCUT2D eigenvalue weighted by Gasteiger charge is 2.29. The van der Waals surface area contributed by atoms with Gasteiger partial charge in [-0.05, 0) is 25.8 Å². The molecule has 1 aliphatic heterocycles. The Hall–Kier alpha value is -1.89. The predicted molar refractivity (Wildman–Crippen MR) is 84.8 cm³/mol. The number of rotatable bonds is 5. The van der Waals surface area contributed by atoms with Crippen LogP contribution in [0.4, 0.5) is 5.00 Å². The van der Waals surface area contributed by atoms with Crippen LogP contribution in [0.25, 0.3) is 0 Å². The zero-order chi connectivity index (χ0) is 16.1. The molecule has 0 bridgehead atoms. The summed E-state index contributed by atoms with van der Waals surface area (Å²) < 4.78 is 10.3. The summed E-state index contributed by atoms with van der Waals surface area (Å²) in [6.07, 6.45) is 1.99. The van der Waals surface area contributed by atoms with Gasteiger partial charge in [0.25, 0.3) is 0 Å². The number of hydrogen-bond donors (Lipinski definition) is 0. The van der Waals surface area contributed by atoms with Crippen LogP contribution < -0.4 is 0 Å². The van der Waals surface area contributed by atoms with Gasteiger partial charge in [-0.25, -0.2) is 9.79 Å². The Bertz CT molecular complexity index is 595. The Balaban J connectivity index is 2.37. The van der Waals surface area contributed by atoms with E-state index in [2.05, 4.69) is 4.99 Å². The third-order valence-electron chi connectivity index (χ3n) is 3.37. The van der Waals surface area contributed by atoms with Gasteiger partial charge in [-0.1, -0.05) is 0 Å². The largest absolute Gasteiger partial charge is 0.483 e. The second-order valence-corrected chi connectivity index (χ2v) is 5.87. The summed E-state index contributed by atoms with van der Waals surface area (Å²) in [4.78, 5) is 30.8. The Morgan fingerprint density at radius 2 is 2.14 bits per heavy atom. The quantitative estimate of drug-likeness (QED) is 0.474. The molecular weight excluding hydrogens is 304 g/mol. The summed E-state index contributed by atoms with van der Waals surface area (Å²) in [6.45, 7) is 7.16. The molecule has 7 heteroatoms. The maximum absolute atomic E-state index is 12.2. The number of esters is 1. The number of aliphatic imine (C=N–C) groups is 1. The molecule has 2 rings (SSSR count). The third kappa shape index (κ3) is 3.47. The Morgan fingerprint density at radius 3 is 2.77 bits per heavy atom. The van der Waals surface area contributed by atoms with Gasteiger partial charge in [0.15, 0.2) is 6.40 Å². The molecule has 0 aromatic carbocycles. The van der Waals surface area contributed by atoms with Crippen molar-refractivity contribution in [3.05, 3.63) is 16.0 Å². The summed E-state index contributed by atoms with van der Waals surface area (Å²) >= 11 is 1.42. The van der Waals surface area contributed by atoms with E-state index < -0.39 is 0 Å². The highest BCUT2D eigenvalue weighted by Crippen LogP contribution is 2.39. The molecule has 22 heavy (non-hydrogen) atoms.